The fourth-order valence-corrected chi connectivity index (χ4v) is 2.80. The Morgan fingerprint density at radius 2 is 2.00 bits per heavy atom. The second kappa shape index (κ2) is 5.71. The lowest BCUT2D eigenvalue weighted by atomic mass is 10.1. The molecule has 0 aliphatic carbocycles. The molecular formula is C11H9F3N2O4S. The maximum Gasteiger partial charge on any atom is 0.417 e. The second-order valence-corrected chi connectivity index (χ2v) is 5.99. The highest BCUT2D eigenvalue weighted by atomic mass is 32.2. The molecule has 21 heavy (non-hydrogen) atoms. The van der Waals surface area contributed by atoms with E-state index in [9.17, 15) is 26.4 Å². The highest BCUT2D eigenvalue weighted by molar-refractivity contribution is 7.89. The smallest absolute Gasteiger partial charge is 0.417 e. The van der Waals surface area contributed by atoms with Gasteiger partial charge in [-0.1, -0.05) is 0 Å². The van der Waals surface area contributed by atoms with E-state index >= 15 is 0 Å². The monoisotopic (exact) mass is 322 g/mol. The zero-order valence-electron chi connectivity index (χ0n) is 10.5. The van der Waals surface area contributed by atoms with E-state index in [1.54, 1.807) is 0 Å². The van der Waals surface area contributed by atoms with Gasteiger partial charge in [0.15, 0.2) is 0 Å². The van der Waals surface area contributed by atoms with E-state index in [0.29, 0.717) is 12.1 Å². The molecule has 0 aromatic heterocycles. The molecule has 10 heteroatoms. The van der Waals surface area contributed by atoms with Gasteiger partial charge in [0.1, 0.15) is 6.54 Å². The molecule has 1 aromatic rings. The number of carboxylic acid groups (broad SMARTS) is 1. The summed E-state index contributed by atoms with van der Waals surface area (Å²) in [6.07, 6.45) is -5.00. The Morgan fingerprint density at radius 1 is 1.43 bits per heavy atom. The van der Waals surface area contributed by atoms with Crippen LogP contribution < -0.4 is 0 Å². The molecule has 0 unspecified atom stereocenters. The first-order valence-corrected chi connectivity index (χ1v) is 6.73. The molecule has 0 bridgehead atoms. The van der Waals surface area contributed by atoms with Gasteiger partial charge in [0.25, 0.3) is 0 Å². The number of sulfonamides is 1. The van der Waals surface area contributed by atoms with Gasteiger partial charge in [0.05, 0.1) is 22.1 Å². The maximum atomic E-state index is 12.9. The summed E-state index contributed by atoms with van der Waals surface area (Å²) in [5.74, 6) is -1.51. The minimum atomic E-state index is -5.00. The van der Waals surface area contributed by atoms with Gasteiger partial charge in [-0.25, -0.2) is 8.42 Å². The van der Waals surface area contributed by atoms with Gasteiger partial charge in [0.2, 0.25) is 10.0 Å². The lowest BCUT2D eigenvalue weighted by Gasteiger charge is -2.18. The van der Waals surface area contributed by atoms with Crippen LogP contribution >= 0.6 is 0 Å². The first kappa shape index (κ1) is 16.9. The molecule has 6 nitrogen and oxygen atoms in total. The van der Waals surface area contributed by atoms with E-state index in [1.165, 1.54) is 6.07 Å². The number of carboxylic acids is 1. The Morgan fingerprint density at radius 3 is 2.43 bits per heavy atom. The summed E-state index contributed by atoms with van der Waals surface area (Å²) >= 11 is 0. The number of likely N-dealkylation sites (N-methyl/N-ethyl adjacent to an activating group) is 1. The number of hydrogen-bond acceptors (Lipinski definition) is 4. The molecule has 0 heterocycles. The van der Waals surface area contributed by atoms with Gasteiger partial charge >= 0.3 is 12.1 Å². The van der Waals surface area contributed by atoms with Crippen LogP contribution in [-0.2, 0) is 21.0 Å². The average Bonchev–Trinajstić information content (AvgIpc) is 2.36. The summed E-state index contributed by atoms with van der Waals surface area (Å²) < 4.78 is 63.0. The average molecular weight is 322 g/mol. The van der Waals surface area contributed by atoms with Crippen molar-refractivity contribution in [2.75, 3.05) is 13.6 Å². The van der Waals surface area contributed by atoms with Crippen LogP contribution in [0, 0.1) is 11.3 Å². The minimum absolute atomic E-state index is 0.284. The Labute approximate surface area is 118 Å². The van der Waals surface area contributed by atoms with Crippen molar-refractivity contribution in [1.82, 2.24) is 4.31 Å². The summed E-state index contributed by atoms with van der Waals surface area (Å²) in [6.45, 7) is -0.986. The maximum absolute atomic E-state index is 12.9. The third-order valence-electron chi connectivity index (χ3n) is 2.46. The largest absolute Gasteiger partial charge is 0.480 e. The van der Waals surface area contributed by atoms with Crippen molar-refractivity contribution < 1.29 is 31.5 Å². The van der Waals surface area contributed by atoms with E-state index in [-0.39, 0.29) is 9.87 Å². The topological polar surface area (TPSA) is 98.5 Å². The van der Waals surface area contributed by atoms with Crippen molar-refractivity contribution in [2.45, 2.75) is 11.1 Å². The van der Waals surface area contributed by atoms with Gasteiger partial charge in [-0.15, -0.1) is 0 Å². The van der Waals surface area contributed by atoms with Crippen LogP contribution in [0.5, 0.6) is 0 Å². The Balaban J connectivity index is 3.50. The molecule has 0 radical (unpaired) electrons. The molecule has 1 aromatic carbocycles. The van der Waals surface area contributed by atoms with Crippen LogP contribution in [0.2, 0.25) is 0 Å². The number of nitriles is 1. The minimum Gasteiger partial charge on any atom is -0.480 e. The molecule has 0 fully saturated rings. The molecule has 0 spiro atoms. The van der Waals surface area contributed by atoms with Crippen LogP contribution in [0.25, 0.3) is 0 Å². The van der Waals surface area contributed by atoms with Crippen molar-refractivity contribution >= 4 is 16.0 Å². The van der Waals surface area contributed by atoms with Crippen molar-refractivity contribution in [3.8, 4) is 6.07 Å². The van der Waals surface area contributed by atoms with Crippen molar-refractivity contribution in [3.63, 3.8) is 0 Å². The lowest BCUT2D eigenvalue weighted by molar-refractivity contribution is -0.140. The van der Waals surface area contributed by atoms with E-state index in [4.69, 9.17) is 10.4 Å². The van der Waals surface area contributed by atoms with E-state index in [0.717, 1.165) is 13.1 Å². The second-order valence-electron chi connectivity index (χ2n) is 3.98. The molecule has 114 valence electrons. The third-order valence-corrected chi connectivity index (χ3v) is 4.32. The zero-order chi connectivity index (χ0) is 16.4. The number of aliphatic carboxylic acids is 1. The lowest BCUT2D eigenvalue weighted by Crippen LogP contribution is -2.33. The van der Waals surface area contributed by atoms with Crippen LogP contribution in [-0.4, -0.2) is 37.4 Å². The molecule has 0 saturated carbocycles. The number of rotatable bonds is 4. The summed E-state index contributed by atoms with van der Waals surface area (Å²) in [7, 11) is -3.80. The van der Waals surface area contributed by atoms with Gasteiger partial charge < -0.3 is 5.11 Å². The van der Waals surface area contributed by atoms with Gasteiger partial charge in [-0.2, -0.15) is 22.7 Å². The van der Waals surface area contributed by atoms with Crippen molar-refractivity contribution in [1.29, 1.82) is 5.26 Å². The molecule has 0 aliphatic heterocycles. The summed E-state index contributed by atoms with van der Waals surface area (Å²) in [5.41, 5.74) is -1.87. The van der Waals surface area contributed by atoms with Crippen molar-refractivity contribution in [3.05, 3.63) is 29.3 Å². The number of benzene rings is 1. The Bertz CT molecular complexity index is 707. The third kappa shape index (κ3) is 3.71. The van der Waals surface area contributed by atoms with Gasteiger partial charge in [-0.05, 0) is 18.2 Å². The Hall–Kier alpha value is -2.12. The number of halogens is 3. The fraction of sp³-hybridized carbons (Fsp3) is 0.273. The van der Waals surface area contributed by atoms with E-state index < -0.39 is 39.2 Å². The number of alkyl halides is 3. The summed E-state index contributed by atoms with van der Waals surface area (Å²) in [6, 6.07) is 3.43. The first-order chi connectivity index (χ1) is 9.50. The molecule has 0 atom stereocenters. The normalized spacial score (nSPS) is 12.2. The molecule has 0 aliphatic rings. The quantitative estimate of drug-likeness (QED) is 0.900. The number of nitrogens with zero attached hydrogens (tertiary/aromatic N) is 2. The van der Waals surface area contributed by atoms with Crippen LogP contribution in [0.4, 0.5) is 13.2 Å². The molecule has 1 rings (SSSR count). The summed E-state index contributed by atoms with van der Waals surface area (Å²) in [5, 5.41) is 17.1. The number of hydrogen-bond donors (Lipinski definition) is 1. The van der Waals surface area contributed by atoms with Crippen molar-refractivity contribution in [2.24, 2.45) is 0 Å². The number of carbonyl (C=O) groups is 1. The standard InChI is InChI=1S/C11H9F3N2O4S/c1-16(6-10(17)18)21(19,20)9-3-2-7(5-15)4-8(9)11(12,13)14/h2-4H,6H2,1H3,(H,17,18). The van der Waals surface area contributed by atoms with Crippen LogP contribution in [0.3, 0.4) is 0 Å². The highest BCUT2D eigenvalue weighted by Crippen LogP contribution is 2.35. The first-order valence-electron chi connectivity index (χ1n) is 5.29. The molecule has 1 N–H and O–H groups in total. The highest BCUT2D eigenvalue weighted by Gasteiger charge is 2.39. The predicted octanol–water partition coefficient (Wildman–Crippen LogP) is 1.28. The molecule has 0 amide bonds. The van der Waals surface area contributed by atoms with Gasteiger partial charge in [0, 0.05) is 7.05 Å². The molecular weight excluding hydrogens is 313 g/mol. The predicted molar refractivity (Wildman–Crippen MR) is 63.6 cm³/mol. The van der Waals surface area contributed by atoms with E-state index in [1.807, 2.05) is 0 Å². The molecule has 0 saturated heterocycles. The fourth-order valence-electron chi connectivity index (χ4n) is 1.49. The summed E-state index contributed by atoms with van der Waals surface area (Å²) in [4.78, 5) is 9.40. The van der Waals surface area contributed by atoms with E-state index in [2.05, 4.69) is 0 Å². The SMILES string of the molecule is CN(CC(=O)O)S(=O)(=O)c1ccc(C#N)cc1C(F)(F)F. The van der Waals surface area contributed by atoms with Crippen LogP contribution in [0.15, 0.2) is 23.1 Å². The van der Waals surface area contributed by atoms with Gasteiger partial charge in [-0.3, -0.25) is 4.79 Å². The van der Waals surface area contributed by atoms with Crippen LogP contribution in [0.1, 0.15) is 11.1 Å². The zero-order valence-corrected chi connectivity index (χ0v) is 11.4. The Kier molecular flexibility index (Phi) is 4.60.